The highest BCUT2D eigenvalue weighted by atomic mass is 79.9. The van der Waals surface area contributed by atoms with E-state index in [1.54, 1.807) is 0 Å². The average Bonchev–Trinajstić information content (AvgIpc) is 2.43. The molecule has 0 radical (unpaired) electrons. The maximum Gasteiger partial charge on any atom is 0.410 e. The van der Waals surface area contributed by atoms with E-state index in [2.05, 4.69) is 47.2 Å². The number of rotatable bonds is 2. The van der Waals surface area contributed by atoms with Crippen LogP contribution in [0.2, 0.25) is 0 Å². The molecule has 1 saturated heterocycles. The lowest BCUT2D eigenvalue weighted by Gasteiger charge is -2.34. The van der Waals surface area contributed by atoms with E-state index in [9.17, 15) is 4.79 Å². The molecular formula is C18H27BrN2O2. The summed E-state index contributed by atoms with van der Waals surface area (Å²) < 4.78 is 6.61. The number of benzene rings is 1. The van der Waals surface area contributed by atoms with Crippen LogP contribution in [0.1, 0.15) is 44.7 Å². The van der Waals surface area contributed by atoms with Crippen LogP contribution in [0.4, 0.5) is 10.5 Å². The average molecular weight is 383 g/mol. The normalized spacial score (nSPS) is 16.3. The fraction of sp³-hybridized carbons (Fsp3) is 0.611. The van der Waals surface area contributed by atoms with Crippen molar-refractivity contribution in [2.24, 2.45) is 0 Å². The quantitative estimate of drug-likeness (QED) is 0.792. The van der Waals surface area contributed by atoms with E-state index in [1.807, 2.05) is 25.7 Å². The van der Waals surface area contributed by atoms with E-state index in [4.69, 9.17) is 4.74 Å². The van der Waals surface area contributed by atoms with Gasteiger partial charge in [0.15, 0.2) is 0 Å². The first-order valence-corrected chi connectivity index (χ1v) is 8.96. The summed E-state index contributed by atoms with van der Waals surface area (Å²) in [6.07, 6.45) is 1.67. The molecule has 1 aliphatic heterocycles. The number of ether oxygens (including phenoxy) is 1. The van der Waals surface area contributed by atoms with Crippen molar-refractivity contribution < 1.29 is 9.53 Å². The highest BCUT2D eigenvalue weighted by Crippen LogP contribution is 2.26. The molecule has 1 heterocycles. The Kier molecular flexibility index (Phi) is 5.61. The fourth-order valence-corrected chi connectivity index (χ4v) is 3.03. The van der Waals surface area contributed by atoms with Gasteiger partial charge < -0.3 is 15.0 Å². The molecule has 1 fully saturated rings. The molecule has 0 aromatic heterocycles. The van der Waals surface area contributed by atoms with Gasteiger partial charge in [0.2, 0.25) is 0 Å². The number of nitrogens with zero attached hydrogens (tertiary/aromatic N) is 1. The van der Waals surface area contributed by atoms with Crippen LogP contribution < -0.4 is 5.32 Å². The third-order valence-electron chi connectivity index (χ3n) is 3.95. The standard InChI is InChI=1S/C18H27BrN2O2/c1-12-10-15(11-13(2)16(12)19)20-14-6-8-21(9-7-14)17(22)23-18(3,4)5/h10-11,14,20H,6-9H2,1-5H3. The molecular weight excluding hydrogens is 356 g/mol. The number of halogens is 1. The second-order valence-electron chi connectivity index (χ2n) is 7.31. The number of carbonyl (C=O) groups excluding carboxylic acids is 1. The van der Waals surface area contributed by atoms with Gasteiger partial charge in [-0.2, -0.15) is 0 Å². The zero-order chi connectivity index (χ0) is 17.2. The van der Waals surface area contributed by atoms with Crippen molar-refractivity contribution in [2.45, 2.75) is 59.1 Å². The Morgan fingerprint density at radius 3 is 2.22 bits per heavy atom. The molecule has 0 aliphatic carbocycles. The summed E-state index contributed by atoms with van der Waals surface area (Å²) in [4.78, 5) is 13.9. The summed E-state index contributed by atoms with van der Waals surface area (Å²) in [6.45, 7) is 11.4. The molecule has 1 amide bonds. The lowest BCUT2D eigenvalue weighted by Crippen LogP contribution is -2.44. The minimum atomic E-state index is -0.432. The first kappa shape index (κ1) is 18.1. The van der Waals surface area contributed by atoms with Crippen molar-refractivity contribution in [1.82, 2.24) is 4.90 Å². The lowest BCUT2D eigenvalue weighted by molar-refractivity contribution is 0.0210. The third kappa shape index (κ3) is 5.13. The number of piperidine rings is 1. The number of likely N-dealkylation sites (tertiary alicyclic amines) is 1. The molecule has 5 heteroatoms. The molecule has 0 spiro atoms. The van der Waals surface area contributed by atoms with Gasteiger partial charge in [0.25, 0.3) is 0 Å². The molecule has 4 nitrogen and oxygen atoms in total. The molecule has 23 heavy (non-hydrogen) atoms. The van der Waals surface area contributed by atoms with Crippen molar-refractivity contribution in [3.63, 3.8) is 0 Å². The first-order valence-electron chi connectivity index (χ1n) is 8.17. The Morgan fingerprint density at radius 2 is 1.74 bits per heavy atom. The van der Waals surface area contributed by atoms with Crippen LogP contribution in [0, 0.1) is 13.8 Å². The minimum absolute atomic E-state index is 0.203. The van der Waals surface area contributed by atoms with E-state index < -0.39 is 5.60 Å². The first-order chi connectivity index (χ1) is 10.7. The van der Waals surface area contributed by atoms with Gasteiger partial charge in [0.1, 0.15) is 5.60 Å². The van der Waals surface area contributed by atoms with Crippen molar-refractivity contribution in [3.05, 3.63) is 27.7 Å². The topological polar surface area (TPSA) is 41.6 Å². The second kappa shape index (κ2) is 7.12. The number of anilines is 1. The third-order valence-corrected chi connectivity index (χ3v) is 5.20. The minimum Gasteiger partial charge on any atom is -0.444 e. The van der Waals surface area contributed by atoms with Gasteiger partial charge in [-0.05, 0) is 70.7 Å². The monoisotopic (exact) mass is 382 g/mol. The molecule has 128 valence electrons. The van der Waals surface area contributed by atoms with Crippen molar-refractivity contribution in [1.29, 1.82) is 0 Å². The van der Waals surface area contributed by atoms with Crippen LogP contribution in [0.5, 0.6) is 0 Å². The Balaban J connectivity index is 1.89. The molecule has 0 atom stereocenters. The van der Waals surface area contributed by atoms with Crippen LogP contribution in [-0.4, -0.2) is 35.7 Å². The van der Waals surface area contributed by atoms with Gasteiger partial charge in [-0.15, -0.1) is 0 Å². The summed E-state index contributed by atoms with van der Waals surface area (Å²) in [5.74, 6) is 0. The predicted octanol–water partition coefficient (Wildman–Crippen LogP) is 4.88. The van der Waals surface area contributed by atoms with Crippen molar-refractivity contribution in [3.8, 4) is 0 Å². The van der Waals surface area contributed by atoms with Crippen LogP contribution in [0.15, 0.2) is 16.6 Å². The smallest absolute Gasteiger partial charge is 0.410 e. The summed E-state index contributed by atoms with van der Waals surface area (Å²) in [5.41, 5.74) is 3.19. The second-order valence-corrected chi connectivity index (χ2v) is 8.10. The predicted molar refractivity (Wildman–Crippen MR) is 98.1 cm³/mol. The van der Waals surface area contributed by atoms with E-state index in [1.165, 1.54) is 15.6 Å². The number of nitrogens with one attached hydrogen (secondary N) is 1. The Bertz CT molecular complexity index is 550. The molecule has 1 aromatic rings. The molecule has 1 N–H and O–H groups in total. The van der Waals surface area contributed by atoms with Crippen LogP contribution >= 0.6 is 15.9 Å². The molecule has 0 unspecified atom stereocenters. The van der Waals surface area contributed by atoms with Crippen LogP contribution in [0.25, 0.3) is 0 Å². The zero-order valence-electron chi connectivity index (χ0n) is 14.7. The van der Waals surface area contributed by atoms with Crippen molar-refractivity contribution in [2.75, 3.05) is 18.4 Å². The Morgan fingerprint density at radius 1 is 1.22 bits per heavy atom. The largest absolute Gasteiger partial charge is 0.444 e. The highest BCUT2D eigenvalue weighted by Gasteiger charge is 2.26. The number of hydrogen-bond donors (Lipinski definition) is 1. The lowest BCUT2D eigenvalue weighted by atomic mass is 10.0. The van der Waals surface area contributed by atoms with E-state index in [-0.39, 0.29) is 6.09 Å². The Hall–Kier alpha value is -1.23. The maximum atomic E-state index is 12.1. The number of amides is 1. The highest BCUT2D eigenvalue weighted by molar-refractivity contribution is 9.10. The summed E-state index contributed by atoms with van der Waals surface area (Å²) in [5, 5.41) is 3.60. The molecule has 0 saturated carbocycles. The maximum absolute atomic E-state index is 12.1. The van der Waals surface area contributed by atoms with Gasteiger partial charge in [0.05, 0.1) is 0 Å². The van der Waals surface area contributed by atoms with Gasteiger partial charge >= 0.3 is 6.09 Å². The van der Waals surface area contributed by atoms with Gasteiger partial charge in [-0.1, -0.05) is 15.9 Å². The summed E-state index contributed by atoms with van der Waals surface area (Å²) in [7, 11) is 0. The Labute approximate surface area is 147 Å². The van der Waals surface area contributed by atoms with E-state index in [0.717, 1.165) is 31.6 Å². The molecule has 1 aromatic carbocycles. The number of aryl methyl sites for hydroxylation is 2. The van der Waals surface area contributed by atoms with E-state index in [0.29, 0.717) is 6.04 Å². The number of hydrogen-bond acceptors (Lipinski definition) is 3. The van der Waals surface area contributed by atoms with Crippen molar-refractivity contribution >= 4 is 27.7 Å². The molecule has 2 rings (SSSR count). The molecule has 1 aliphatic rings. The van der Waals surface area contributed by atoms with Gasteiger partial charge in [-0.25, -0.2) is 4.79 Å². The zero-order valence-corrected chi connectivity index (χ0v) is 16.3. The number of carbonyl (C=O) groups is 1. The van der Waals surface area contributed by atoms with Crippen LogP contribution in [0.3, 0.4) is 0 Å². The molecule has 0 bridgehead atoms. The fourth-order valence-electron chi connectivity index (χ4n) is 2.80. The van der Waals surface area contributed by atoms with Gasteiger partial charge in [0, 0.05) is 29.3 Å². The van der Waals surface area contributed by atoms with Gasteiger partial charge in [-0.3, -0.25) is 0 Å². The summed E-state index contributed by atoms with van der Waals surface area (Å²) >= 11 is 3.60. The summed E-state index contributed by atoms with van der Waals surface area (Å²) in [6, 6.07) is 4.72. The van der Waals surface area contributed by atoms with E-state index >= 15 is 0 Å². The SMILES string of the molecule is Cc1cc(NC2CCN(C(=O)OC(C)(C)C)CC2)cc(C)c1Br. The van der Waals surface area contributed by atoms with Crippen LogP contribution in [-0.2, 0) is 4.74 Å².